The van der Waals surface area contributed by atoms with E-state index < -0.39 is 0 Å². The van der Waals surface area contributed by atoms with Crippen molar-refractivity contribution in [2.24, 2.45) is 0 Å². The number of halogens is 2. The number of carbonyl (C=O) groups is 1. The zero-order valence-electron chi connectivity index (χ0n) is 15.6. The number of nitrogens with one attached hydrogen (secondary N) is 1. The van der Waals surface area contributed by atoms with Crippen LogP contribution in [0, 0.1) is 13.8 Å². The van der Waals surface area contributed by atoms with Crippen LogP contribution in [-0.4, -0.2) is 17.5 Å². The van der Waals surface area contributed by atoms with Gasteiger partial charge in [-0.05, 0) is 66.0 Å². The first-order valence-corrected chi connectivity index (χ1v) is 10.8. The molecule has 1 N–H and O–H groups in total. The molecule has 0 aliphatic carbocycles. The Labute approximate surface area is 182 Å². The third kappa shape index (κ3) is 5.56. The molecule has 1 aromatic heterocycles. The molecule has 4 nitrogen and oxygen atoms in total. The van der Waals surface area contributed by atoms with E-state index in [-0.39, 0.29) is 5.91 Å². The number of hydrogen-bond donors (Lipinski definition) is 1. The van der Waals surface area contributed by atoms with E-state index in [1.54, 1.807) is 0 Å². The molecule has 7 heteroatoms. The van der Waals surface area contributed by atoms with Gasteiger partial charge in [-0.1, -0.05) is 29.8 Å². The molecule has 0 fully saturated rings. The fraction of sp³-hybridized carbons (Fsp3) is 0.238. The SMILES string of the molecule is Cc1ccc(OCCCC(=O)Nc2nc(-c3ccc(Cl)cc3)c(C)s2)c(Br)c1. The highest BCUT2D eigenvalue weighted by molar-refractivity contribution is 9.10. The second-order valence-electron chi connectivity index (χ2n) is 6.36. The second kappa shape index (κ2) is 9.54. The Kier molecular flexibility index (Phi) is 7.10. The van der Waals surface area contributed by atoms with Gasteiger partial charge in [0.05, 0.1) is 16.8 Å². The first-order chi connectivity index (χ1) is 13.4. The topological polar surface area (TPSA) is 51.2 Å². The molecule has 146 valence electrons. The number of hydrogen-bond acceptors (Lipinski definition) is 4. The summed E-state index contributed by atoms with van der Waals surface area (Å²) in [5, 5.41) is 4.17. The van der Waals surface area contributed by atoms with Crippen LogP contribution in [0.3, 0.4) is 0 Å². The average molecular weight is 480 g/mol. The number of thiazole rings is 1. The number of aromatic nitrogens is 1. The maximum Gasteiger partial charge on any atom is 0.226 e. The van der Waals surface area contributed by atoms with Crippen molar-refractivity contribution in [2.75, 3.05) is 11.9 Å². The summed E-state index contributed by atoms with van der Waals surface area (Å²) < 4.78 is 6.65. The molecule has 0 bridgehead atoms. The van der Waals surface area contributed by atoms with E-state index in [0.717, 1.165) is 31.9 Å². The average Bonchev–Trinajstić information content (AvgIpc) is 3.01. The van der Waals surface area contributed by atoms with E-state index in [1.807, 2.05) is 56.3 Å². The maximum atomic E-state index is 12.2. The van der Waals surface area contributed by atoms with Crippen molar-refractivity contribution in [3.8, 4) is 17.0 Å². The largest absolute Gasteiger partial charge is 0.492 e. The van der Waals surface area contributed by atoms with Crippen molar-refractivity contribution < 1.29 is 9.53 Å². The van der Waals surface area contributed by atoms with Crippen LogP contribution >= 0.6 is 38.9 Å². The van der Waals surface area contributed by atoms with Crippen LogP contribution in [0.4, 0.5) is 5.13 Å². The lowest BCUT2D eigenvalue weighted by Crippen LogP contribution is -2.12. The van der Waals surface area contributed by atoms with Crippen LogP contribution in [0.1, 0.15) is 23.3 Å². The molecule has 28 heavy (non-hydrogen) atoms. The third-order valence-electron chi connectivity index (χ3n) is 4.05. The van der Waals surface area contributed by atoms with Crippen molar-refractivity contribution >= 4 is 49.9 Å². The maximum absolute atomic E-state index is 12.2. The Morgan fingerprint density at radius 1 is 1.21 bits per heavy atom. The summed E-state index contributed by atoms with van der Waals surface area (Å²) in [6, 6.07) is 13.4. The molecule has 3 aromatic rings. The van der Waals surface area contributed by atoms with Crippen LogP contribution in [0.5, 0.6) is 5.75 Å². The minimum Gasteiger partial charge on any atom is -0.492 e. The molecule has 1 amide bonds. The highest BCUT2D eigenvalue weighted by Gasteiger charge is 2.12. The number of anilines is 1. The summed E-state index contributed by atoms with van der Waals surface area (Å²) in [4.78, 5) is 17.8. The van der Waals surface area contributed by atoms with Gasteiger partial charge in [-0.3, -0.25) is 4.79 Å². The van der Waals surface area contributed by atoms with Crippen LogP contribution in [0.25, 0.3) is 11.3 Å². The number of ether oxygens (including phenoxy) is 1. The number of aryl methyl sites for hydroxylation is 2. The van der Waals surface area contributed by atoms with Crippen molar-refractivity contribution in [1.29, 1.82) is 0 Å². The molecule has 0 spiro atoms. The minimum absolute atomic E-state index is 0.0667. The van der Waals surface area contributed by atoms with Gasteiger partial charge in [-0.15, -0.1) is 11.3 Å². The molecule has 0 saturated heterocycles. The zero-order chi connectivity index (χ0) is 20.1. The number of rotatable bonds is 7. The Hall–Kier alpha value is -1.89. The van der Waals surface area contributed by atoms with E-state index in [2.05, 4.69) is 26.2 Å². The van der Waals surface area contributed by atoms with Gasteiger partial charge in [0.2, 0.25) is 5.91 Å². The number of amides is 1. The lowest BCUT2D eigenvalue weighted by Gasteiger charge is -2.08. The first-order valence-electron chi connectivity index (χ1n) is 8.84. The number of carbonyl (C=O) groups excluding carboxylic acids is 1. The minimum atomic E-state index is -0.0667. The monoisotopic (exact) mass is 478 g/mol. The standard InChI is InChI=1S/C21H20BrClN2O2S/c1-13-5-10-18(17(22)12-13)27-11-3-4-19(26)24-21-25-20(14(2)28-21)15-6-8-16(23)9-7-15/h5-10,12H,3-4,11H2,1-2H3,(H,24,25,26). The predicted octanol–water partition coefficient (Wildman–Crippen LogP) is 6.64. The molecule has 2 aromatic carbocycles. The number of nitrogens with zero attached hydrogens (tertiary/aromatic N) is 1. The van der Waals surface area contributed by atoms with Gasteiger partial charge in [0.15, 0.2) is 5.13 Å². The van der Waals surface area contributed by atoms with E-state index in [0.29, 0.717) is 29.6 Å². The van der Waals surface area contributed by atoms with E-state index in [1.165, 1.54) is 11.3 Å². The van der Waals surface area contributed by atoms with Gasteiger partial charge >= 0.3 is 0 Å². The lowest BCUT2D eigenvalue weighted by molar-refractivity contribution is -0.116. The molecule has 1 heterocycles. The summed E-state index contributed by atoms with van der Waals surface area (Å²) in [5.74, 6) is 0.720. The van der Waals surface area contributed by atoms with Gasteiger partial charge in [-0.2, -0.15) is 0 Å². The van der Waals surface area contributed by atoms with E-state index in [9.17, 15) is 4.79 Å². The van der Waals surface area contributed by atoms with Gasteiger partial charge < -0.3 is 10.1 Å². The fourth-order valence-electron chi connectivity index (χ4n) is 2.65. The van der Waals surface area contributed by atoms with E-state index >= 15 is 0 Å². The first kappa shape index (κ1) is 20.8. The van der Waals surface area contributed by atoms with Crippen LogP contribution in [0.2, 0.25) is 5.02 Å². The summed E-state index contributed by atoms with van der Waals surface area (Å²) in [7, 11) is 0. The van der Waals surface area contributed by atoms with Crippen LogP contribution in [0.15, 0.2) is 46.9 Å². The quantitative estimate of drug-likeness (QED) is 0.386. The number of benzene rings is 2. The molecule has 0 aliphatic rings. The molecule has 0 atom stereocenters. The molecule has 3 rings (SSSR count). The van der Waals surface area contributed by atoms with Gasteiger partial charge in [0, 0.05) is 21.9 Å². The van der Waals surface area contributed by atoms with Gasteiger partial charge in [-0.25, -0.2) is 4.98 Å². The Balaban J connectivity index is 1.50. The summed E-state index contributed by atoms with van der Waals surface area (Å²) in [5.41, 5.74) is 3.01. The van der Waals surface area contributed by atoms with Crippen LogP contribution in [-0.2, 0) is 4.79 Å². The second-order valence-corrected chi connectivity index (χ2v) is 8.86. The molecule has 0 unspecified atom stereocenters. The molecule has 0 aliphatic heterocycles. The van der Waals surface area contributed by atoms with E-state index in [4.69, 9.17) is 16.3 Å². The smallest absolute Gasteiger partial charge is 0.226 e. The Morgan fingerprint density at radius 2 is 1.96 bits per heavy atom. The molecule has 0 saturated carbocycles. The van der Waals surface area contributed by atoms with Crippen molar-refractivity contribution in [2.45, 2.75) is 26.7 Å². The Bertz CT molecular complexity index is 973. The Morgan fingerprint density at radius 3 is 2.68 bits per heavy atom. The summed E-state index contributed by atoms with van der Waals surface area (Å²) in [6.07, 6.45) is 0.999. The predicted molar refractivity (Wildman–Crippen MR) is 120 cm³/mol. The van der Waals surface area contributed by atoms with Crippen molar-refractivity contribution in [1.82, 2.24) is 4.98 Å². The lowest BCUT2D eigenvalue weighted by atomic mass is 10.1. The molecule has 0 radical (unpaired) electrons. The molecular weight excluding hydrogens is 460 g/mol. The molecular formula is C21H20BrClN2O2S. The highest BCUT2D eigenvalue weighted by atomic mass is 79.9. The highest BCUT2D eigenvalue weighted by Crippen LogP contribution is 2.31. The van der Waals surface area contributed by atoms with Crippen LogP contribution < -0.4 is 10.1 Å². The zero-order valence-corrected chi connectivity index (χ0v) is 18.7. The van der Waals surface area contributed by atoms with Crippen molar-refractivity contribution in [3.63, 3.8) is 0 Å². The fourth-order valence-corrected chi connectivity index (χ4v) is 4.23. The van der Waals surface area contributed by atoms with Gasteiger partial charge in [0.25, 0.3) is 0 Å². The third-order valence-corrected chi connectivity index (χ3v) is 5.81. The van der Waals surface area contributed by atoms with Crippen molar-refractivity contribution in [3.05, 3.63) is 62.4 Å². The van der Waals surface area contributed by atoms with Gasteiger partial charge in [0.1, 0.15) is 5.75 Å². The normalized spacial score (nSPS) is 10.7. The summed E-state index contributed by atoms with van der Waals surface area (Å²) in [6.45, 7) is 4.49. The summed E-state index contributed by atoms with van der Waals surface area (Å²) >= 11 is 10.9.